The number of anilines is 1. The summed E-state index contributed by atoms with van der Waals surface area (Å²) in [5.41, 5.74) is -0.189. The number of nitro benzene ring substituents is 2. The highest BCUT2D eigenvalue weighted by Gasteiger charge is 2.21. The molecular formula is C26H25N3O10S. The SMILES string of the molecule is COc1cc(OC)c(C=CS(=O)Cc2ccc(OC)c(NC(=O)c3cc([N+](=O)[O-])cc([N+](=O)[O-])c3)c2)c(OC)c1. The van der Waals surface area contributed by atoms with Gasteiger partial charge in [-0.15, -0.1) is 0 Å². The fourth-order valence-corrected chi connectivity index (χ4v) is 4.52. The number of nitrogens with one attached hydrogen (secondary N) is 1. The molecule has 1 unspecified atom stereocenters. The Morgan fingerprint density at radius 3 is 1.93 bits per heavy atom. The van der Waals surface area contributed by atoms with E-state index in [0.717, 1.165) is 18.2 Å². The van der Waals surface area contributed by atoms with E-state index in [1.54, 1.807) is 30.3 Å². The van der Waals surface area contributed by atoms with E-state index in [1.165, 1.54) is 39.9 Å². The normalized spacial score (nSPS) is 11.5. The fraction of sp³-hybridized carbons (Fsp3) is 0.192. The lowest BCUT2D eigenvalue weighted by Crippen LogP contribution is -2.14. The molecule has 13 nitrogen and oxygen atoms in total. The number of non-ortho nitro benzene ring substituents is 2. The number of hydrogen-bond donors (Lipinski definition) is 1. The summed E-state index contributed by atoms with van der Waals surface area (Å²) < 4.78 is 34.2. The van der Waals surface area contributed by atoms with Crippen LogP contribution in [0, 0.1) is 20.2 Å². The molecule has 1 amide bonds. The largest absolute Gasteiger partial charge is 0.496 e. The lowest BCUT2D eigenvalue weighted by atomic mass is 10.1. The van der Waals surface area contributed by atoms with E-state index >= 15 is 0 Å². The third-order valence-electron chi connectivity index (χ3n) is 5.55. The van der Waals surface area contributed by atoms with Gasteiger partial charge in [-0.1, -0.05) is 6.07 Å². The van der Waals surface area contributed by atoms with Crippen LogP contribution in [0.4, 0.5) is 17.1 Å². The minimum Gasteiger partial charge on any atom is -0.496 e. The molecule has 1 atom stereocenters. The van der Waals surface area contributed by atoms with Crippen molar-refractivity contribution in [1.29, 1.82) is 0 Å². The smallest absolute Gasteiger partial charge is 0.277 e. The Bertz CT molecular complexity index is 1450. The van der Waals surface area contributed by atoms with Gasteiger partial charge in [-0.3, -0.25) is 29.2 Å². The summed E-state index contributed by atoms with van der Waals surface area (Å²) in [4.78, 5) is 33.6. The summed E-state index contributed by atoms with van der Waals surface area (Å²) in [7, 11) is 4.35. The lowest BCUT2D eigenvalue weighted by Gasteiger charge is -2.13. The topological polar surface area (TPSA) is 169 Å². The van der Waals surface area contributed by atoms with E-state index in [0.29, 0.717) is 28.4 Å². The number of carbonyl (C=O) groups excluding carboxylic acids is 1. The third-order valence-corrected chi connectivity index (χ3v) is 6.60. The first-order chi connectivity index (χ1) is 19.1. The molecule has 0 aromatic heterocycles. The van der Waals surface area contributed by atoms with Crippen LogP contribution in [0.3, 0.4) is 0 Å². The maximum Gasteiger partial charge on any atom is 0.277 e. The van der Waals surface area contributed by atoms with Crippen LogP contribution < -0.4 is 24.3 Å². The number of carbonyl (C=O) groups is 1. The Morgan fingerprint density at radius 1 is 0.850 bits per heavy atom. The van der Waals surface area contributed by atoms with Gasteiger partial charge in [-0.05, 0) is 23.8 Å². The van der Waals surface area contributed by atoms with Crippen LogP contribution in [0.25, 0.3) is 6.08 Å². The van der Waals surface area contributed by atoms with Crippen LogP contribution in [0.15, 0.2) is 53.9 Å². The van der Waals surface area contributed by atoms with E-state index in [9.17, 15) is 29.2 Å². The fourth-order valence-electron chi connectivity index (χ4n) is 3.63. The van der Waals surface area contributed by atoms with Crippen LogP contribution in [0.1, 0.15) is 21.5 Å². The second-order valence-corrected chi connectivity index (χ2v) is 9.34. The summed E-state index contributed by atoms with van der Waals surface area (Å²) >= 11 is 0. The highest BCUT2D eigenvalue weighted by atomic mass is 32.2. The average molecular weight is 572 g/mol. The molecule has 40 heavy (non-hydrogen) atoms. The Hall–Kier alpha value is -4.98. The van der Waals surface area contributed by atoms with Gasteiger partial charge in [0.15, 0.2) is 0 Å². The molecule has 0 radical (unpaired) electrons. The first kappa shape index (κ1) is 29.6. The summed E-state index contributed by atoms with van der Waals surface area (Å²) in [6.45, 7) is 0. The Morgan fingerprint density at radius 2 is 1.43 bits per heavy atom. The standard InChI is InChI=1S/C26H25N3O10S/c1-36-20-13-24(38-3)21(25(14-20)39-4)7-8-40(35)15-16-5-6-23(37-2)22(9-16)27-26(30)17-10-18(28(31)32)12-19(11-17)29(33)34/h5-14H,15H2,1-4H3,(H,27,30). The van der Waals surface area contributed by atoms with Gasteiger partial charge in [0.25, 0.3) is 17.3 Å². The molecule has 0 aliphatic rings. The zero-order valence-corrected chi connectivity index (χ0v) is 22.7. The monoisotopic (exact) mass is 571 g/mol. The summed E-state index contributed by atoms with van der Waals surface area (Å²) in [6.07, 6.45) is 1.61. The van der Waals surface area contributed by atoms with Crippen molar-refractivity contribution >= 4 is 39.8 Å². The van der Waals surface area contributed by atoms with Crippen LogP contribution in [0.5, 0.6) is 23.0 Å². The van der Waals surface area contributed by atoms with E-state index in [2.05, 4.69) is 5.32 Å². The first-order valence-corrected chi connectivity index (χ1v) is 12.8. The molecule has 0 bridgehead atoms. The van der Waals surface area contributed by atoms with Gasteiger partial charge in [-0.25, -0.2) is 0 Å². The molecule has 0 aliphatic heterocycles. The second kappa shape index (κ2) is 13.2. The summed E-state index contributed by atoms with van der Waals surface area (Å²) in [5.74, 6) is 0.931. The van der Waals surface area contributed by atoms with E-state index in [-0.39, 0.29) is 22.8 Å². The minimum atomic E-state index is -1.51. The number of hydrogen-bond acceptors (Lipinski definition) is 10. The van der Waals surface area contributed by atoms with Crippen molar-refractivity contribution in [3.8, 4) is 23.0 Å². The molecule has 0 fully saturated rings. The maximum atomic E-state index is 12.9. The second-order valence-electron chi connectivity index (χ2n) is 8.01. The molecule has 0 aliphatic carbocycles. The van der Waals surface area contributed by atoms with Crippen molar-refractivity contribution in [1.82, 2.24) is 0 Å². The molecule has 3 aromatic rings. The molecule has 1 N–H and O–H groups in total. The van der Waals surface area contributed by atoms with E-state index in [4.69, 9.17) is 18.9 Å². The number of benzene rings is 3. The van der Waals surface area contributed by atoms with Crippen molar-refractivity contribution in [2.45, 2.75) is 5.75 Å². The molecule has 0 saturated heterocycles. The highest BCUT2D eigenvalue weighted by Crippen LogP contribution is 2.35. The quantitative estimate of drug-likeness (QED) is 0.237. The highest BCUT2D eigenvalue weighted by molar-refractivity contribution is 7.87. The number of ether oxygens (including phenoxy) is 4. The van der Waals surface area contributed by atoms with Crippen LogP contribution in [-0.2, 0) is 16.6 Å². The number of amides is 1. The Balaban J connectivity index is 1.84. The van der Waals surface area contributed by atoms with Crippen LogP contribution in [0.2, 0.25) is 0 Å². The summed E-state index contributed by atoms with van der Waals surface area (Å²) in [6, 6.07) is 10.7. The lowest BCUT2D eigenvalue weighted by molar-refractivity contribution is -0.394. The van der Waals surface area contributed by atoms with Crippen molar-refractivity contribution in [2.75, 3.05) is 33.8 Å². The average Bonchev–Trinajstić information content (AvgIpc) is 2.95. The number of nitrogens with zero attached hydrogens (tertiary/aromatic N) is 2. The van der Waals surface area contributed by atoms with Gasteiger partial charge in [0, 0.05) is 29.7 Å². The zero-order valence-electron chi connectivity index (χ0n) is 21.9. The molecule has 0 saturated carbocycles. The molecule has 0 spiro atoms. The molecule has 210 valence electrons. The molecular weight excluding hydrogens is 546 g/mol. The van der Waals surface area contributed by atoms with Crippen LogP contribution >= 0.6 is 0 Å². The van der Waals surface area contributed by atoms with Crippen molar-refractivity contribution in [3.05, 3.63) is 90.9 Å². The number of rotatable bonds is 12. The zero-order chi connectivity index (χ0) is 29.4. The molecule has 14 heteroatoms. The van der Waals surface area contributed by atoms with Crippen molar-refractivity contribution < 1.29 is 37.8 Å². The van der Waals surface area contributed by atoms with Gasteiger partial charge in [0.2, 0.25) is 0 Å². The molecule has 3 rings (SSSR count). The predicted octanol–water partition coefficient (Wildman–Crippen LogP) is 4.71. The minimum absolute atomic E-state index is 0.0619. The number of methoxy groups -OCH3 is 4. The summed E-state index contributed by atoms with van der Waals surface area (Å²) in [5, 5.41) is 26.4. The van der Waals surface area contributed by atoms with Gasteiger partial charge < -0.3 is 24.3 Å². The molecule has 3 aromatic carbocycles. The van der Waals surface area contributed by atoms with Gasteiger partial charge in [0.1, 0.15) is 23.0 Å². The Kier molecular flexibility index (Phi) is 9.76. The van der Waals surface area contributed by atoms with Crippen molar-refractivity contribution in [3.63, 3.8) is 0 Å². The maximum absolute atomic E-state index is 12.9. The van der Waals surface area contributed by atoms with Crippen molar-refractivity contribution in [2.24, 2.45) is 0 Å². The molecule has 0 heterocycles. The van der Waals surface area contributed by atoms with Gasteiger partial charge in [0.05, 0.1) is 77.7 Å². The van der Waals surface area contributed by atoms with Gasteiger partial charge in [-0.2, -0.15) is 0 Å². The Labute approximate surface area is 231 Å². The number of nitro groups is 2. The van der Waals surface area contributed by atoms with Gasteiger partial charge >= 0.3 is 0 Å². The predicted molar refractivity (Wildman–Crippen MR) is 148 cm³/mol. The van der Waals surface area contributed by atoms with Crippen LogP contribution in [-0.4, -0.2) is 48.4 Å². The van der Waals surface area contributed by atoms with E-state index in [1.807, 2.05) is 0 Å². The third kappa shape index (κ3) is 7.11. The van der Waals surface area contributed by atoms with E-state index < -0.39 is 37.9 Å². The first-order valence-electron chi connectivity index (χ1n) is 11.4.